The van der Waals surface area contributed by atoms with Crippen LogP contribution >= 0.6 is 39.3 Å². The number of methoxy groups -OCH3 is 2. The second-order valence-electron chi connectivity index (χ2n) is 6.38. The van der Waals surface area contributed by atoms with E-state index < -0.39 is 6.17 Å². The molecule has 1 N–H and O–H groups in total. The number of carbonyl (C=O) groups excluding carboxylic acids is 1. The maximum absolute atomic E-state index is 13.1. The lowest BCUT2D eigenvalue weighted by atomic mass is 10.1. The molecule has 1 unspecified atom stereocenters. The van der Waals surface area contributed by atoms with Crippen molar-refractivity contribution in [3.8, 4) is 11.5 Å². The van der Waals surface area contributed by atoms with Gasteiger partial charge in [-0.3, -0.25) is 15.1 Å². The molecule has 0 saturated heterocycles. The van der Waals surface area contributed by atoms with Crippen molar-refractivity contribution in [3.63, 3.8) is 0 Å². The van der Waals surface area contributed by atoms with Crippen LogP contribution in [-0.4, -0.2) is 36.1 Å². The molecule has 2 aliphatic heterocycles. The molecule has 4 rings (SSSR count). The molecule has 0 aromatic heterocycles. The summed E-state index contributed by atoms with van der Waals surface area (Å²) >= 11 is 11.5. The largest absolute Gasteiger partial charge is 0.493 e. The smallest absolute Gasteiger partial charge is 0.276 e. The van der Waals surface area contributed by atoms with Gasteiger partial charge >= 0.3 is 0 Å². The van der Waals surface area contributed by atoms with E-state index in [4.69, 9.17) is 26.1 Å². The Morgan fingerprint density at radius 3 is 2.67 bits per heavy atom. The number of hydrogen-bond donors (Lipinski definition) is 1. The molecule has 156 valence electrons. The fourth-order valence-corrected chi connectivity index (χ4v) is 4.52. The highest BCUT2D eigenvalue weighted by Crippen LogP contribution is 2.40. The molecule has 0 fully saturated rings. The molecule has 0 bridgehead atoms. The molecule has 1 amide bonds. The van der Waals surface area contributed by atoms with Crippen LogP contribution in [-0.2, 0) is 4.79 Å². The highest BCUT2D eigenvalue weighted by Gasteiger charge is 2.35. The standard InChI is InChI=1S/C20H18BrClN4O3S/c1-4-30-20-24-19(27)17-12-7-10(21)5-6-14(12)23-18(26(17)25-20)11-8-15(28-2)16(29-3)9-13(11)22/h5-9,18H,4H2,1-3H3,(H,24,25,27). The number of ether oxygens (including phenoxy) is 2. The van der Waals surface area contributed by atoms with Crippen LogP contribution in [0.2, 0.25) is 5.02 Å². The minimum absolute atomic E-state index is 0.239. The van der Waals surface area contributed by atoms with Gasteiger partial charge in [0.2, 0.25) is 0 Å². The molecular formula is C20H18BrClN4O3S. The van der Waals surface area contributed by atoms with E-state index in [9.17, 15) is 4.79 Å². The zero-order valence-corrected chi connectivity index (χ0v) is 19.6. The van der Waals surface area contributed by atoms with Gasteiger partial charge in [0, 0.05) is 21.3 Å². The molecule has 0 aliphatic carbocycles. The van der Waals surface area contributed by atoms with Crippen molar-refractivity contribution in [1.82, 2.24) is 10.3 Å². The van der Waals surface area contributed by atoms with Gasteiger partial charge in [-0.15, -0.1) is 5.10 Å². The maximum atomic E-state index is 13.1. The fourth-order valence-electron chi connectivity index (χ4n) is 3.32. The number of hydrazone groups is 1. The highest BCUT2D eigenvalue weighted by atomic mass is 79.9. The zero-order valence-electron chi connectivity index (χ0n) is 16.4. The third-order valence-electron chi connectivity index (χ3n) is 4.63. The average molecular weight is 510 g/mol. The van der Waals surface area contributed by atoms with Gasteiger partial charge in [0.1, 0.15) is 5.70 Å². The maximum Gasteiger partial charge on any atom is 0.276 e. The first-order valence-corrected chi connectivity index (χ1v) is 11.2. The average Bonchev–Trinajstić information content (AvgIpc) is 2.73. The lowest BCUT2D eigenvalue weighted by molar-refractivity contribution is -0.116. The summed E-state index contributed by atoms with van der Waals surface area (Å²) in [6.07, 6.45) is -0.639. The van der Waals surface area contributed by atoms with Crippen LogP contribution in [0, 0.1) is 0 Å². The number of nitrogens with one attached hydrogen (secondary N) is 1. The van der Waals surface area contributed by atoms with Crippen LogP contribution in [0.4, 0.5) is 0 Å². The first-order chi connectivity index (χ1) is 14.5. The lowest BCUT2D eigenvalue weighted by Gasteiger charge is -2.34. The third kappa shape index (κ3) is 3.66. The van der Waals surface area contributed by atoms with E-state index in [0.717, 1.165) is 10.2 Å². The Bertz CT molecular complexity index is 1190. The van der Waals surface area contributed by atoms with Gasteiger partial charge in [0.25, 0.3) is 5.91 Å². The van der Waals surface area contributed by atoms with Gasteiger partial charge in [-0.25, -0.2) is 5.01 Å². The van der Waals surface area contributed by atoms with E-state index >= 15 is 0 Å². The first-order valence-electron chi connectivity index (χ1n) is 9.08. The Morgan fingerprint density at radius 2 is 1.97 bits per heavy atom. The summed E-state index contributed by atoms with van der Waals surface area (Å²) in [5.74, 6) is 1.56. The summed E-state index contributed by atoms with van der Waals surface area (Å²) in [4.78, 5) is 17.9. The summed E-state index contributed by atoms with van der Waals surface area (Å²) in [6, 6.07) is 9.05. The molecule has 2 aromatic carbocycles. The quantitative estimate of drug-likeness (QED) is 0.686. The molecule has 0 saturated carbocycles. The van der Waals surface area contributed by atoms with E-state index in [-0.39, 0.29) is 5.91 Å². The van der Waals surface area contributed by atoms with Crippen LogP contribution in [0.1, 0.15) is 18.7 Å². The number of rotatable bonds is 4. The number of carbonyl (C=O) groups is 1. The van der Waals surface area contributed by atoms with Gasteiger partial charge in [0.05, 0.1) is 24.6 Å². The lowest BCUT2D eigenvalue weighted by Crippen LogP contribution is -2.50. The number of halogens is 2. The Kier molecular flexibility index (Phi) is 5.95. The molecule has 2 aliphatic rings. The van der Waals surface area contributed by atoms with Crippen molar-refractivity contribution in [2.24, 2.45) is 10.1 Å². The Balaban J connectivity index is 1.98. The predicted octanol–water partition coefficient (Wildman–Crippen LogP) is 3.02. The van der Waals surface area contributed by atoms with E-state index in [1.807, 2.05) is 25.1 Å². The highest BCUT2D eigenvalue weighted by molar-refractivity contribution is 9.10. The zero-order chi connectivity index (χ0) is 21.4. The van der Waals surface area contributed by atoms with Gasteiger partial charge in [0.15, 0.2) is 22.8 Å². The van der Waals surface area contributed by atoms with Crippen molar-refractivity contribution in [3.05, 3.63) is 56.0 Å². The molecule has 1 atom stereocenters. The molecular weight excluding hydrogens is 492 g/mol. The molecule has 2 aromatic rings. The molecule has 30 heavy (non-hydrogen) atoms. The number of hydrogen-bond acceptors (Lipinski definition) is 7. The van der Waals surface area contributed by atoms with Crippen molar-refractivity contribution in [2.45, 2.75) is 13.1 Å². The number of amidine groups is 1. The number of amides is 1. The number of fused-ring (bicyclic) bond motifs is 2. The fraction of sp³-hybridized carbons (Fsp3) is 0.250. The summed E-state index contributed by atoms with van der Waals surface area (Å²) in [5.41, 5.74) is 1.07. The van der Waals surface area contributed by atoms with Gasteiger partial charge in [-0.1, -0.05) is 46.2 Å². The molecule has 2 heterocycles. The Morgan fingerprint density at radius 1 is 1.23 bits per heavy atom. The first kappa shape index (κ1) is 21.0. The number of benzene rings is 2. The molecule has 0 radical (unpaired) electrons. The van der Waals surface area contributed by atoms with E-state index in [1.54, 1.807) is 31.4 Å². The predicted molar refractivity (Wildman–Crippen MR) is 121 cm³/mol. The van der Waals surface area contributed by atoms with Crippen LogP contribution in [0.5, 0.6) is 11.5 Å². The van der Waals surface area contributed by atoms with Crippen molar-refractivity contribution in [1.29, 1.82) is 0 Å². The SMILES string of the molecule is CCSC1=NN2C(=c3cc(Br)ccc3=NC2c2cc(OC)c(OC)cc2Cl)C(=O)N1. The molecule has 7 nitrogen and oxygen atoms in total. The van der Waals surface area contributed by atoms with Crippen molar-refractivity contribution >= 4 is 56.1 Å². The molecule has 10 heteroatoms. The van der Waals surface area contributed by atoms with Crippen LogP contribution < -0.4 is 25.4 Å². The van der Waals surface area contributed by atoms with Crippen LogP contribution in [0.25, 0.3) is 5.70 Å². The molecule has 0 spiro atoms. The van der Waals surface area contributed by atoms with Gasteiger partial charge < -0.3 is 9.47 Å². The van der Waals surface area contributed by atoms with Crippen LogP contribution in [0.15, 0.2) is 44.9 Å². The third-order valence-corrected chi connectivity index (χ3v) is 6.20. The number of thioether (sulfide) groups is 1. The Hall–Kier alpha value is -2.23. The van der Waals surface area contributed by atoms with E-state index in [2.05, 4.69) is 26.3 Å². The van der Waals surface area contributed by atoms with Crippen LogP contribution in [0.3, 0.4) is 0 Å². The van der Waals surface area contributed by atoms with E-state index in [1.165, 1.54) is 11.8 Å². The minimum Gasteiger partial charge on any atom is -0.493 e. The summed E-state index contributed by atoms with van der Waals surface area (Å²) in [7, 11) is 3.10. The Labute approximate surface area is 190 Å². The minimum atomic E-state index is -0.639. The van der Waals surface area contributed by atoms with Gasteiger partial charge in [-0.2, -0.15) is 0 Å². The second kappa shape index (κ2) is 8.49. The van der Waals surface area contributed by atoms with Crippen molar-refractivity contribution < 1.29 is 14.3 Å². The monoisotopic (exact) mass is 508 g/mol. The van der Waals surface area contributed by atoms with Crippen molar-refractivity contribution in [2.75, 3.05) is 20.0 Å². The summed E-state index contributed by atoms with van der Waals surface area (Å²) < 4.78 is 11.6. The normalized spacial score (nSPS) is 17.4. The topological polar surface area (TPSA) is 75.5 Å². The number of nitrogens with zero attached hydrogens (tertiary/aromatic N) is 3. The van der Waals surface area contributed by atoms with E-state index in [0.29, 0.717) is 43.5 Å². The second-order valence-corrected chi connectivity index (χ2v) is 8.95. The van der Waals surface area contributed by atoms with Gasteiger partial charge in [-0.05, 0) is 30.0 Å². The summed E-state index contributed by atoms with van der Waals surface area (Å²) in [5, 5.41) is 11.5. The summed E-state index contributed by atoms with van der Waals surface area (Å²) in [6.45, 7) is 1.99.